The highest BCUT2D eigenvalue weighted by atomic mass is 16.6. The Labute approximate surface area is 153 Å². The van der Waals surface area contributed by atoms with Gasteiger partial charge in [-0.15, -0.1) is 0 Å². The summed E-state index contributed by atoms with van der Waals surface area (Å²) >= 11 is 0. The predicted molar refractivity (Wildman–Crippen MR) is 91.4 cm³/mol. The maximum absolute atomic E-state index is 11.8. The van der Waals surface area contributed by atoms with Gasteiger partial charge < -0.3 is 24.5 Å². The number of aromatic carboxylic acids is 1. The monoisotopic (exact) mass is 373 g/mol. The summed E-state index contributed by atoms with van der Waals surface area (Å²) in [4.78, 5) is 18.0. The number of aromatic nitrogens is 3. The first-order valence-corrected chi connectivity index (χ1v) is 8.84. The highest BCUT2D eigenvalue weighted by Crippen LogP contribution is 2.63. The molecule has 0 unspecified atom stereocenters. The molecule has 1 aromatic carbocycles. The molecule has 1 aromatic heterocycles. The molecular weight excluding hydrogens is 355 g/mol. The molecule has 142 valence electrons. The number of nitrogens with zero attached hydrogens (tertiary/aromatic N) is 3. The average molecular weight is 373 g/mol. The minimum absolute atomic E-state index is 0.0154. The highest BCUT2D eigenvalue weighted by Gasteiger charge is 2.55. The zero-order valence-corrected chi connectivity index (χ0v) is 14.3. The molecule has 11 heteroatoms. The van der Waals surface area contributed by atoms with Gasteiger partial charge in [-0.2, -0.15) is 5.10 Å². The fourth-order valence-electron chi connectivity index (χ4n) is 4.04. The van der Waals surface area contributed by atoms with E-state index in [0.29, 0.717) is 31.6 Å². The Morgan fingerprint density at radius 3 is 2.93 bits per heavy atom. The van der Waals surface area contributed by atoms with Gasteiger partial charge >= 0.3 is 12.7 Å². The summed E-state index contributed by atoms with van der Waals surface area (Å²) < 4.78 is 11.2. The lowest BCUT2D eigenvalue weighted by atomic mass is 9.68. The van der Waals surface area contributed by atoms with Crippen LogP contribution >= 0.6 is 0 Å². The molecule has 2 fully saturated rings. The Morgan fingerprint density at radius 2 is 2.22 bits per heavy atom. The van der Waals surface area contributed by atoms with Crippen LogP contribution in [0.2, 0.25) is 5.82 Å². The molecule has 4 N–H and O–H groups in total. The van der Waals surface area contributed by atoms with Crippen molar-refractivity contribution in [2.75, 3.05) is 13.1 Å². The lowest BCUT2D eigenvalue weighted by Crippen LogP contribution is -2.53. The van der Waals surface area contributed by atoms with E-state index in [1.807, 2.05) is 0 Å². The van der Waals surface area contributed by atoms with Crippen molar-refractivity contribution in [3.8, 4) is 11.5 Å². The van der Waals surface area contributed by atoms with Crippen LogP contribution in [0.1, 0.15) is 34.1 Å². The number of benzene rings is 1. The molecule has 1 aliphatic carbocycles. The zero-order chi connectivity index (χ0) is 18.8. The van der Waals surface area contributed by atoms with E-state index in [4.69, 9.17) is 9.39 Å². The SMILES string of the molecule is O=C(O)c1c(OC2CN(Cc3ncn[nH]3)C2)ccc2c1O[B-](O)(O)[C@@H]1C[C@H]21. The Hall–Kier alpha value is -2.63. The van der Waals surface area contributed by atoms with Crippen molar-refractivity contribution in [2.24, 2.45) is 0 Å². The maximum Gasteiger partial charge on any atom is 0.434 e. The second-order valence-electron chi connectivity index (χ2n) is 7.41. The van der Waals surface area contributed by atoms with Crippen LogP contribution in [0, 0.1) is 0 Å². The summed E-state index contributed by atoms with van der Waals surface area (Å²) in [5, 5.41) is 36.4. The molecule has 0 amide bonds. The Kier molecular flexibility index (Phi) is 3.48. The van der Waals surface area contributed by atoms with Crippen molar-refractivity contribution >= 4 is 12.7 Å². The molecule has 0 bridgehead atoms. The summed E-state index contributed by atoms with van der Waals surface area (Å²) in [6.07, 6.45) is 1.86. The number of fused-ring (bicyclic) bond motifs is 3. The number of likely N-dealkylation sites (tertiary alicyclic amines) is 1. The number of carbonyl (C=O) groups is 1. The minimum atomic E-state index is -3.04. The molecule has 3 heterocycles. The molecular formula is C16H18BN4O6-. The van der Waals surface area contributed by atoms with Crippen LogP contribution < -0.4 is 9.39 Å². The lowest BCUT2D eigenvalue weighted by molar-refractivity contribution is 0.0120. The second-order valence-corrected chi connectivity index (χ2v) is 7.41. The molecule has 27 heavy (non-hydrogen) atoms. The van der Waals surface area contributed by atoms with Crippen molar-refractivity contribution < 1.29 is 29.3 Å². The Bertz CT molecular complexity index is 899. The number of nitrogens with one attached hydrogen (secondary N) is 1. The molecule has 5 rings (SSSR count). The number of hydrogen-bond donors (Lipinski definition) is 4. The number of carboxylic acid groups (broad SMARTS) is 1. The van der Waals surface area contributed by atoms with Gasteiger partial charge in [-0.1, -0.05) is 18.3 Å². The van der Waals surface area contributed by atoms with Crippen LogP contribution in [0.25, 0.3) is 0 Å². The number of hydrogen-bond acceptors (Lipinski definition) is 8. The largest absolute Gasteiger partial charge is 0.669 e. The van der Waals surface area contributed by atoms with Gasteiger partial charge in [0.25, 0.3) is 0 Å². The average Bonchev–Trinajstić information content (AvgIpc) is 3.23. The van der Waals surface area contributed by atoms with E-state index in [-0.39, 0.29) is 34.9 Å². The zero-order valence-electron chi connectivity index (χ0n) is 14.3. The first-order chi connectivity index (χ1) is 12.9. The third-order valence-corrected chi connectivity index (χ3v) is 5.51. The highest BCUT2D eigenvalue weighted by molar-refractivity contribution is 6.62. The molecule has 1 saturated heterocycles. The summed E-state index contributed by atoms with van der Waals surface area (Å²) in [6, 6.07) is 3.40. The molecule has 0 spiro atoms. The molecule has 0 radical (unpaired) electrons. The fraction of sp³-hybridized carbons (Fsp3) is 0.438. The van der Waals surface area contributed by atoms with Crippen molar-refractivity contribution in [1.82, 2.24) is 20.1 Å². The molecule has 10 nitrogen and oxygen atoms in total. The number of H-pyrrole nitrogens is 1. The van der Waals surface area contributed by atoms with Crippen molar-refractivity contribution in [3.63, 3.8) is 0 Å². The van der Waals surface area contributed by atoms with Gasteiger partial charge in [-0.25, -0.2) is 9.78 Å². The summed E-state index contributed by atoms with van der Waals surface area (Å²) in [6.45, 7) is -1.19. The van der Waals surface area contributed by atoms with E-state index >= 15 is 0 Å². The fourth-order valence-corrected chi connectivity index (χ4v) is 4.04. The van der Waals surface area contributed by atoms with Gasteiger partial charge in [0.1, 0.15) is 29.6 Å². The van der Waals surface area contributed by atoms with Crippen molar-refractivity contribution in [3.05, 3.63) is 35.4 Å². The number of aromatic amines is 1. The van der Waals surface area contributed by atoms with Crippen LogP contribution in [0.5, 0.6) is 11.5 Å². The molecule has 2 aromatic rings. The van der Waals surface area contributed by atoms with Crippen LogP contribution in [0.4, 0.5) is 0 Å². The maximum atomic E-state index is 11.8. The van der Waals surface area contributed by atoms with Gasteiger partial charge in [0.2, 0.25) is 0 Å². The Balaban J connectivity index is 1.34. The van der Waals surface area contributed by atoms with E-state index in [0.717, 1.165) is 5.82 Å². The lowest BCUT2D eigenvalue weighted by Gasteiger charge is -2.40. The molecule has 3 aliphatic rings. The number of rotatable bonds is 5. The van der Waals surface area contributed by atoms with E-state index in [1.165, 1.54) is 6.33 Å². The summed E-state index contributed by atoms with van der Waals surface area (Å²) in [7, 11) is 0. The van der Waals surface area contributed by atoms with Crippen LogP contribution in [-0.4, -0.2) is 67.2 Å². The van der Waals surface area contributed by atoms with E-state index in [2.05, 4.69) is 20.1 Å². The molecule has 2 atom stereocenters. The van der Waals surface area contributed by atoms with Gasteiger partial charge in [0.05, 0.1) is 12.3 Å². The molecule has 1 saturated carbocycles. The van der Waals surface area contributed by atoms with E-state index in [9.17, 15) is 19.9 Å². The quantitative estimate of drug-likeness (QED) is 0.530. The van der Waals surface area contributed by atoms with Crippen molar-refractivity contribution in [2.45, 2.75) is 30.8 Å². The smallest absolute Gasteiger partial charge is 0.434 e. The van der Waals surface area contributed by atoms with Gasteiger partial charge in [-0.05, 0) is 17.5 Å². The third-order valence-electron chi connectivity index (χ3n) is 5.51. The van der Waals surface area contributed by atoms with Gasteiger partial charge in [0, 0.05) is 13.1 Å². The van der Waals surface area contributed by atoms with Crippen LogP contribution in [-0.2, 0) is 6.54 Å². The predicted octanol–water partition coefficient (Wildman–Crippen LogP) is -0.0605. The minimum Gasteiger partial charge on any atom is -0.669 e. The third kappa shape index (κ3) is 2.74. The van der Waals surface area contributed by atoms with E-state index in [1.54, 1.807) is 12.1 Å². The summed E-state index contributed by atoms with van der Waals surface area (Å²) in [5.41, 5.74) is 0.548. The van der Waals surface area contributed by atoms with E-state index < -0.39 is 12.7 Å². The van der Waals surface area contributed by atoms with Crippen LogP contribution in [0.3, 0.4) is 0 Å². The van der Waals surface area contributed by atoms with Crippen LogP contribution in [0.15, 0.2) is 18.5 Å². The summed E-state index contributed by atoms with van der Waals surface area (Å²) in [5.74, 6) is -0.701. The first kappa shape index (κ1) is 16.5. The Morgan fingerprint density at radius 1 is 1.41 bits per heavy atom. The first-order valence-electron chi connectivity index (χ1n) is 8.84. The van der Waals surface area contributed by atoms with Gasteiger partial charge in [0.15, 0.2) is 0 Å². The second kappa shape index (κ2) is 5.68. The topological polar surface area (TPSA) is 141 Å². The number of ether oxygens (including phenoxy) is 1. The van der Waals surface area contributed by atoms with Gasteiger partial charge in [-0.3, -0.25) is 10.00 Å². The standard InChI is InChI=1S/C16H18BN4O6/c22-16(23)14-12(26-8-4-21(5-8)6-13-18-7-19-20-13)2-1-9-10-3-11(10)17(24,25)27-15(9)14/h1-2,7-8,10-11,24-25H,3-6H2,(H,22,23)(H,18,19,20)/q-1/t10-,11-/m1/s1. The number of carboxylic acids is 1. The normalized spacial score (nSPS) is 25.7. The van der Waals surface area contributed by atoms with Crippen molar-refractivity contribution in [1.29, 1.82) is 0 Å². The molecule has 2 aliphatic heterocycles.